The molecule has 0 aliphatic rings. The van der Waals surface area contributed by atoms with Gasteiger partial charge in [-0.15, -0.1) is 5.10 Å². The van der Waals surface area contributed by atoms with E-state index in [4.69, 9.17) is 63.9 Å². The van der Waals surface area contributed by atoms with Crippen LogP contribution >= 0.6 is 0 Å². The molecule has 17 heteroatoms. The van der Waals surface area contributed by atoms with Gasteiger partial charge in [0.15, 0.2) is 0 Å². The molecule has 0 spiro atoms. The zero-order valence-corrected chi connectivity index (χ0v) is 26.6. The topological polar surface area (TPSA) is 212 Å². The number of ether oxygens (including phenoxy) is 10. The summed E-state index contributed by atoms with van der Waals surface area (Å²) in [5.41, 5.74) is 11.4. The van der Waals surface area contributed by atoms with E-state index in [0.717, 1.165) is 6.42 Å². The minimum Gasteiger partial charge on any atom is -0.480 e. The Morgan fingerprint density at radius 3 is 1.29 bits per heavy atom. The van der Waals surface area contributed by atoms with E-state index in [0.29, 0.717) is 151 Å². The van der Waals surface area contributed by atoms with Crippen LogP contribution in [0.15, 0.2) is 6.20 Å². The maximum atomic E-state index is 10.8. The summed E-state index contributed by atoms with van der Waals surface area (Å²) in [4.78, 5) is 10.8. The number of aryl methyl sites for hydroxylation is 1. The number of carboxylic acid groups (broad SMARTS) is 1. The van der Waals surface area contributed by atoms with Gasteiger partial charge < -0.3 is 63.9 Å². The summed E-state index contributed by atoms with van der Waals surface area (Å²) in [6, 6.07) is -0.980. The average molecular weight is 654 g/mol. The molecule has 0 fully saturated rings. The molecule has 0 aliphatic carbocycles. The first-order valence-electron chi connectivity index (χ1n) is 15.5. The highest BCUT2D eigenvalue weighted by molar-refractivity contribution is 5.73. The maximum Gasteiger partial charge on any atom is 0.320 e. The van der Waals surface area contributed by atoms with Crippen molar-refractivity contribution in [2.75, 3.05) is 139 Å². The fraction of sp³-hybridized carbons (Fsp3) is 0.893. The van der Waals surface area contributed by atoms with Crippen molar-refractivity contribution in [1.29, 1.82) is 0 Å². The molecular weight excluding hydrogens is 598 g/mol. The number of aliphatic carboxylic acids is 1. The molecule has 264 valence electrons. The van der Waals surface area contributed by atoms with Crippen molar-refractivity contribution in [3.05, 3.63) is 11.9 Å². The second-order valence-corrected chi connectivity index (χ2v) is 9.39. The molecule has 0 aliphatic heterocycles. The third kappa shape index (κ3) is 28.1. The smallest absolute Gasteiger partial charge is 0.320 e. The third-order valence-corrected chi connectivity index (χ3v) is 5.62. The summed E-state index contributed by atoms with van der Waals surface area (Å²) < 4.78 is 55.9. The van der Waals surface area contributed by atoms with Crippen LogP contribution < -0.4 is 11.5 Å². The van der Waals surface area contributed by atoms with E-state index in [2.05, 4.69) is 10.3 Å². The van der Waals surface area contributed by atoms with Crippen molar-refractivity contribution in [1.82, 2.24) is 15.0 Å². The molecule has 0 saturated carbocycles. The number of carboxylic acids is 1. The van der Waals surface area contributed by atoms with Gasteiger partial charge in [-0.25, -0.2) is 0 Å². The van der Waals surface area contributed by atoms with Gasteiger partial charge >= 0.3 is 5.97 Å². The van der Waals surface area contributed by atoms with Crippen LogP contribution in [-0.2, 0) is 65.1 Å². The van der Waals surface area contributed by atoms with Gasteiger partial charge in [-0.3, -0.25) is 9.48 Å². The molecule has 1 heterocycles. The van der Waals surface area contributed by atoms with Crippen molar-refractivity contribution in [3.8, 4) is 0 Å². The van der Waals surface area contributed by atoms with Gasteiger partial charge in [0.1, 0.15) is 6.04 Å². The van der Waals surface area contributed by atoms with Crippen LogP contribution in [0.3, 0.4) is 0 Å². The molecule has 5 N–H and O–H groups in total. The largest absolute Gasteiger partial charge is 0.480 e. The van der Waals surface area contributed by atoms with Gasteiger partial charge in [0, 0.05) is 32.3 Å². The van der Waals surface area contributed by atoms with E-state index in [-0.39, 0.29) is 6.42 Å². The number of hydrogen-bond donors (Lipinski definition) is 3. The SMILES string of the molecule is NCCOCCOCCOCCOCCOCCOCCOCCOCCOCCOCCCn1cc(C[C@H](N)C(=O)O)nn1. The van der Waals surface area contributed by atoms with E-state index in [1.807, 2.05) is 0 Å². The Kier molecular flexibility index (Phi) is 29.3. The van der Waals surface area contributed by atoms with Crippen LogP contribution in [0.1, 0.15) is 12.1 Å². The van der Waals surface area contributed by atoms with Crippen LogP contribution in [0.4, 0.5) is 0 Å². The Hall–Kier alpha value is -1.87. The van der Waals surface area contributed by atoms with Crippen LogP contribution in [-0.4, -0.2) is 171 Å². The second kappa shape index (κ2) is 32.1. The molecule has 45 heavy (non-hydrogen) atoms. The van der Waals surface area contributed by atoms with Crippen molar-refractivity contribution < 1.29 is 57.3 Å². The van der Waals surface area contributed by atoms with Crippen molar-refractivity contribution >= 4 is 5.97 Å². The van der Waals surface area contributed by atoms with E-state index >= 15 is 0 Å². The van der Waals surface area contributed by atoms with Crippen molar-refractivity contribution in [2.45, 2.75) is 25.4 Å². The lowest BCUT2D eigenvalue weighted by Crippen LogP contribution is -2.32. The lowest BCUT2D eigenvalue weighted by molar-refractivity contribution is -0.138. The summed E-state index contributed by atoms with van der Waals surface area (Å²) in [6.07, 6.45) is 2.59. The maximum absolute atomic E-state index is 10.8. The zero-order valence-electron chi connectivity index (χ0n) is 26.6. The minimum absolute atomic E-state index is 0.147. The van der Waals surface area contributed by atoms with E-state index in [1.165, 1.54) is 0 Å². The Bertz CT molecular complexity index is 780. The first-order valence-corrected chi connectivity index (χ1v) is 15.5. The Morgan fingerprint density at radius 2 is 0.956 bits per heavy atom. The number of carbonyl (C=O) groups is 1. The Morgan fingerprint density at radius 1 is 0.622 bits per heavy atom. The van der Waals surface area contributed by atoms with Gasteiger partial charge in [0.2, 0.25) is 0 Å². The molecule has 17 nitrogen and oxygen atoms in total. The second-order valence-electron chi connectivity index (χ2n) is 9.39. The fourth-order valence-corrected chi connectivity index (χ4v) is 3.35. The van der Waals surface area contributed by atoms with Gasteiger partial charge in [0.25, 0.3) is 0 Å². The summed E-state index contributed by atoms with van der Waals surface area (Å²) >= 11 is 0. The molecule has 0 unspecified atom stereocenters. The lowest BCUT2D eigenvalue weighted by atomic mass is 10.2. The molecule has 0 saturated heterocycles. The normalized spacial score (nSPS) is 12.2. The number of aromatic nitrogens is 3. The monoisotopic (exact) mass is 653 g/mol. The van der Waals surface area contributed by atoms with Crippen LogP contribution in [0.5, 0.6) is 0 Å². The summed E-state index contributed by atoms with van der Waals surface area (Å²) in [6.45, 7) is 11.3. The van der Waals surface area contributed by atoms with Crippen molar-refractivity contribution in [3.63, 3.8) is 0 Å². The highest BCUT2D eigenvalue weighted by atomic mass is 16.6. The Balaban J connectivity index is 1.68. The quantitative estimate of drug-likeness (QED) is 0.0722. The Labute approximate surface area is 265 Å². The summed E-state index contributed by atoms with van der Waals surface area (Å²) in [5, 5.41) is 16.7. The molecule has 0 radical (unpaired) electrons. The molecule has 0 aromatic carbocycles. The molecule has 0 bridgehead atoms. The molecule has 1 aromatic rings. The predicted molar refractivity (Wildman–Crippen MR) is 161 cm³/mol. The van der Waals surface area contributed by atoms with E-state index in [9.17, 15) is 4.79 Å². The molecule has 1 atom stereocenters. The minimum atomic E-state index is -1.06. The highest BCUT2D eigenvalue weighted by Crippen LogP contribution is 1.99. The third-order valence-electron chi connectivity index (χ3n) is 5.62. The van der Waals surface area contributed by atoms with Crippen LogP contribution in [0.2, 0.25) is 0 Å². The first kappa shape index (κ1) is 41.2. The number of nitrogens with zero attached hydrogens (tertiary/aromatic N) is 3. The number of nitrogens with two attached hydrogens (primary N) is 2. The number of rotatable bonds is 36. The fourth-order valence-electron chi connectivity index (χ4n) is 3.35. The van der Waals surface area contributed by atoms with Crippen LogP contribution in [0, 0.1) is 0 Å². The van der Waals surface area contributed by atoms with E-state index < -0.39 is 12.0 Å². The van der Waals surface area contributed by atoms with Gasteiger partial charge in [0.05, 0.1) is 131 Å². The average Bonchev–Trinajstić information content (AvgIpc) is 3.48. The van der Waals surface area contributed by atoms with Gasteiger partial charge in [-0.2, -0.15) is 0 Å². The first-order chi connectivity index (χ1) is 22.1. The van der Waals surface area contributed by atoms with Crippen molar-refractivity contribution in [2.24, 2.45) is 11.5 Å². The lowest BCUT2D eigenvalue weighted by Gasteiger charge is -2.09. The summed E-state index contributed by atoms with van der Waals surface area (Å²) in [7, 11) is 0. The standard InChI is InChI=1S/C28H55N5O12/c29-2-5-37-7-9-39-11-13-41-15-17-43-19-21-45-23-22-44-20-18-42-16-14-40-12-10-38-8-6-36-4-1-3-33-25-26(31-32-33)24-27(30)28(34)35/h25,27H,1-24,29-30H2,(H,34,35)/t27-/m0/s1. The predicted octanol–water partition coefficient (Wildman–Crippen LogP) is -1.25. The molecular formula is C28H55N5O12. The molecule has 1 aromatic heterocycles. The highest BCUT2D eigenvalue weighted by Gasteiger charge is 2.14. The molecule has 0 amide bonds. The van der Waals surface area contributed by atoms with Gasteiger partial charge in [-0.05, 0) is 6.42 Å². The zero-order chi connectivity index (χ0) is 32.5. The summed E-state index contributed by atoms with van der Waals surface area (Å²) in [5.74, 6) is -1.06. The van der Waals surface area contributed by atoms with E-state index in [1.54, 1.807) is 10.9 Å². The van der Waals surface area contributed by atoms with Gasteiger partial charge in [-0.1, -0.05) is 5.21 Å². The molecule has 1 rings (SSSR count). The van der Waals surface area contributed by atoms with Crippen LogP contribution in [0.25, 0.3) is 0 Å². The number of hydrogen-bond acceptors (Lipinski definition) is 15.